The van der Waals surface area contributed by atoms with E-state index in [0.29, 0.717) is 22.2 Å². The molecular formula is C21H23F3N4O2. The molecule has 1 aromatic carbocycles. The third-order valence-corrected chi connectivity index (χ3v) is 5.37. The van der Waals surface area contributed by atoms with Gasteiger partial charge in [-0.05, 0) is 36.6 Å². The summed E-state index contributed by atoms with van der Waals surface area (Å²) < 4.78 is 40.8. The highest BCUT2D eigenvalue weighted by atomic mass is 19.4. The molecule has 1 saturated heterocycles. The van der Waals surface area contributed by atoms with E-state index >= 15 is 0 Å². The number of rotatable bonds is 4. The topological polar surface area (TPSA) is 89.2 Å². The van der Waals surface area contributed by atoms with Crippen LogP contribution in [0.3, 0.4) is 0 Å². The van der Waals surface area contributed by atoms with E-state index < -0.39 is 30.1 Å². The first-order valence-electron chi connectivity index (χ1n) is 9.69. The number of aliphatic hydroxyl groups excluding tert-OH is 1. The number of nitrogens with one attached hydrogen (secondary N) is 1. The molecule has 30 heavy (non-hydrogen) atoms. The first-order chi connectivity index (χ1) is 14.1. The van der Waals surface area contributed by atoms with Gasteiger partial charge in [0.1, 0.15) is 12.2 Å². The minimum absolute atomic E-state index is 0.152. The zero-order valence-corrected chi connectivity index (χ0v) is 16.6. The second-order valence-corrected chi connectivity index (χ2v) is 7.92. The van der Waals surface area contributed by atoms with Crippen LogP contribution in [0.4, 0.5) is 18.9 Å². The van der Waals surface area contributed by atoms with Crippen LogP contribution in [0.15, 0.2) is 30.5 Å². The van der Waals surface area contributed by atoms with Gasteiger partial charge in [0, 0.05) is 36.4 Å². The summed E-state index contributed by atoms with van der Waals surface area (Å²) in [5.41, 5.74) is 1.28. The van der Waals surface area contributed by atoms with E-state index in [1.54, 1.807) is 36.9 Å². The van der Waals surface area contributed by atoms with Gasteiger partial charge in [-0.1, -0.05) is 13.8 Å². The fourth-order valence-electron chi connectivity index (χ4n) is 3.75. The molecule has 1 aliphatic heterocycles. The van der Waals surface area contributed by atoms with Gasteiger partial charge in [0.15, 0.2) is 0 Å². The second-order valence-electron chi connectivity index (χ2n) is 7.92. The molecule has 0 saturated carbocycles. The molecule has 1 amide bonds. The zero-order chi connectivity index (χ0) is 22.1. The molecule has 2 N–H and O–H groups in total. The molecule has 9 heteroatoms. The van der Waals surface area contributed by atoms with Crippen LogP contribution < -0.4 is 10.2 Å². The lowest BCUT2D eigenvalue weighted by atomic mass is 9.92. The number of carbonyl (C=O) groups is 1. The number of hydrogen-bond acceptors (Lipinski definition) is 5. The third kappa shape index (κ3) is 4.49. The van der Waals surface area contributed by atoms with E-state index in [4.69, 9.17) is 0 Å². The number of alkyl halides is 3. The van der Waals surface area contributed by atoms with Crippen molar-refractivity contribution in [2.45, 2.75) is 38.6 Å². The van der Waals surface area contributed by atoms with Gasteiger partial charge in [0.2, 0.25) is 5.91 Å². The Morgan fingerprint density at radius 3 is 2.70 bits per heavy atom. The number of halogens is 3. The van der Waals surface area contributed by atoms with Crippen molar-refractivity contribution in [1.29, 1.82) is 5.26 Å². The number of benzene rings is 1. The van der Waals surface area contributed by atoms with Crippen LogP contribution in [-0.4, -0.2) is 47.4 Å². The Morgan fingerprint density at radius 2 is 2.07 bits per heavy atom. The molecule has 2 aromatic rings. The average Bonchev–Trinajstić information content (AvgIpc) is 2.71. The molecule has 3 atom stereocenters. The molecule has 160 valence electrons. The van der Waals surface area contributed by atoms with Crippen molar-refractivity contribution in [3.8, 4) is 6.07 Å². The van der Waals surface area contributed by atoms with E-state index in [-0.39, 0.29) is 25.4 Å². The van der Waals surface area contributed by atoms with Crippen LogP contribution in [0.2, 0.25) is 0 Å². The van der Waals surface area contributed by atoms with Gasteiger partial charge in [-0.15, -0.1) is 0 Å². The van der Waals surface area contributed by atoms with Gasteiger partial charge in [0.05, 0.1) is 17.0 Å². The van der Waals surface area contributed by atoms with Crippen LogP contribution in [0.5, 0.6) is 0 Å². The van der Waals surface area contributed by atoms with Gasteiger partial charge in [-0.3, -0.25) is 9.78 Å². The molecular weight excluding hydrogens is 397 g/mol. The van der Waals surface area contributed by atoms with Crippen LogP contribution >= 0.6 is 0 Å². The molecule has 0 aliphatic carbocycles. The minimum Gasteiger partial charge on any atom is -0.383 e. The molecule has 0 spiro atoms. The Labute approximate surface area is 172 Å². The summed E-state index contributed by atoms with van der Waals surface area (Å²) in [5.74, 6) is -2.67. The van der Waals surface area contributed by atoms with E-state index in [1.807, 2.05) is 6.07 Å². The van der Waals surface area contributed by atoms with E-state index in [2.05, 4.69) is 10.3 Å². The normalized spacial score (nSPS) is 20.8. The summed E-state index contributed by atoms with van der Waals surface area (Å²) in [6.45, 7) is 3.20. The van der Waals surface area contributed by atoms with Gasteiger partial charge < -0.3 is 15.3 Å². The molecule has 1 unspecified atom stereocenters. The van der Waals surface area contributed by atoms with Crippen LogP contribution in [0.25, 0.3) is 10.9 Å². The van der Waals surface area contributed by atoms with Crippen LogP contribution in [0, 0.1) is 23.2 Å². The third-order valence-electron chi connectivity index (χ3n) is 5.37. The lowest BCUT2D eigenvalue weighted by Gasteiger charge is -2.40. The summed E-state index contributed by atoms with van der Waals surface area (Å²) in [5, 5.41) is 22.4. The van der Waals surface area contributed by atoms with Crippen molar-refractivity contribution >= 4 is 22.5 Å². The number of carbonyl (C=O) groups excluding carboxylic acids is 1. The number of piperidine rings is 1. The van der Waals surface area contributed by atoms with Crippen molar-refractivity contribution in [2.75, 3.05) is 18.0 Å². The van der Waals surface area contributed by atoms with Crippen LogP contribution in [-0.2, 0) is 4.79 Å². The monoisotopic (exact) mass is 420 g/mol. The average molecular weight is 420 g/mol. The minimum atomic E-state index is -4.43. The number of nitrogens with zero attached hydrogens (tertiary/aromatic N) is 3. The lowest BCUT2D eigenvalue weighted by Crippen LogP contribution is -2.55. The number of fused-ring (bicyclic) bond motifs is 1. The predicted octanol–water partition coefficient (Wildman–Crippen LogP) is 3.00. The van der Waals surface area contributed by atoms with E-state index in [9.17, 15) is 28.3 Å². The predicted molar refractivity (Wildman–Crippen MR) is 106 cm³/mol. The Kier molecular flexibility index (Phi) is 6.17. The van der Waals surface area contributed by atoms with Gasteiger partial charge in [-0.2, -0.15) is 18.4 Å². The number of pyridine rings is 1. The first-order valence-corrected chi connectivity index (χ1v) is 9.69. The number of hydrogen-bond donors (Lipinski definition) is 2. The van der Waals surface area contributed by atoms with Crippen molar-refractivity contribution in [2.24, 2.45) is 11.8 Å². The van der Waals surface area contributed by atoms with Crippen LogP contribution in [0.1, 0.15) is 25.8 Å². The maximum absolute atomic E-state index is 13.6. The van der Waals surface area contributed by atoms with Gasteiger partial charge in [0.25, 0.3) is 0 Å². The quantitative estimate of drug-likeness (QED) is 0.794. The number of aromatic nitrogens is 1. The Balaban J connectivity index is 1.95. The first kappa shape index (κ1) is 21.8. The van der Waals surface area contributed by atoms with E-state index in [0.717, 1.165) is 0 Å². The summed E-state index contributed by atoms with van der Waals surface area (Å²) in [6, 6.07) is 7.79. The molecule has 2 heterocycles. The molecule has 0 bridgehead atoms. The number of anilines is 1. The summed E-state index contributed by atoms with van der Waals surface area (Å²) >= 11 is 0. The van der Waals surface area contributed by atoms with E-state index in [1.165, 1.54) is 12.3 Å². The highest BCUT2D eigenvalue weighted by molar-refractivity contribution is 5.95. The summed E-state index contributed by atoms with van der Waals surface area (Å²) in [4.78, 5) is 18.0. The molecule has 1 aliphatic rings. The Hall–Kier alpha value is -2.86. The number of nitriles is 1. The van der Waals surface area contributed by atoms with Crippen molar-refractivity contribution < 1.29 is 23.1 Å². The second kappa shape index (κ2) is 8.48. The van der Waals surface area contributed by atoms with Crippen molar-refractivity contribution in [3.05, 3.63) is 36.0 Å². The van der Waals surface area contributed by atoms with Gasteiger partial charge in [-0.25, -0.2) is 0 Å². The fourth-order valence-corrected chi connectivity index (χ4v) is 3.75. The zero-order valence-electron chi connectivity index (χ0n) is 16.6. The number of amides is 1. The summed E-state index contributed by atoms with van der Waals surface area (Å²) in [7, 11) is 0. The fraction of sp³-hybridized carbons (Fsp3) is 0.476. The molecule has 1 aromatic heterocycles. The SMILES string of the molecule is CC(C)C(O)C(=O)N[C@H]1C[C@@H](C(F)(F)F)CN(c2ccc(C#N)c3ncccc23)C1. The standard InChI is InChI=1S/C21H23F3N4O2/c1-12(2)19(29)20(30)27-15-8-14(21(22,23)24)10-28(11-15)17-6-5-13(9-25)18-16(17)4-3-7-26-18/h3-7,12,14-15,19,29H,8,10-11H2,1-2H3,(H,27,30)/t14-,15+,19?/m1/s1. The van der Waals surface area contributed by atoms with Gasteiger partial charge >= 0.3 is 6.18 Å². The molecule has 0 radical (unpaired) electrons. The summed E-state index contributed by atoms with van der Waals surface area (Å²) in [6.07, 6.45) is -4.45. The Bertz CT molecular complexity index is 971. The maximum atomic E-state index is 13.6. The molecule has 6 nitrogen and oxygen atoms in total. The highest BCUT2D eigenvalue weighted by Gasteiger charge is 2.45. The lowest BCUT2D eigenvalue weighted by molar-refractivity contribution is -0.178. The Morgan fingerprint density at radius 1 is 1.33 bits per heavy atom. The van der Waals surface area contributed by atoms with Crippen molar-refractivity contribution in [1.82, 2.24) is 10.3 Å². The van der Waals surface area contributed by atoms with Crippen molar-refractivity contribution in [3.63, 3.8) is 0 Å². The molecule has 1 fully saturated rings. The molecule has 3 rings (SSSR count). The highest BCUT2D eigenvalue weighted by Crippen LogP contribution is 2.37. The maximum Gasteiger partial charge on any atom is 0.393 e. The smallest absolute Gasteiger partial charge is 0.383 e. The number of aliphatic hydroxyl groups is 1. The largest absolute Gasteiger partial charge is 0.393 e.